The normalized spacial score (nSPS) is 32.9. The minimum Gasteiger partial charge on any atom is -0.459 e. The Morgan fingerprint density at radius 3 is 2.15 bits per heavy atom. The third-order valence-electron chi connectivity index (χ3n) is 12.6. The summed E-state index contributed by atoms with van der Waals surface area (Å²) >= 11 is 0. The predicted octanol–water partition coefficient (Wildman–Crippen LogP) is 9.19. The van der Waals surface area contributed by atoms with Crippen LogP contribution in [0.1, 0.15) is 114 Å². The number of aryl methyl sites for hydroxylation is 1. The van der Waals surface area contributed by atoms with Crippen molar-refractivity contribution >= 4 is 28.7 Å². The lowest BCUT2D eigenvalue weighted by Gasteiger charge is -2.53. The van der Waals surface area contributed by atoms with Crippen molar-refractivity contribution in [3.8, 4) is 0 Å². The summed E-state index contributed by atoms with van der Waals surface area (Å²) in [6.07, 6.45) is 19.3. The van der Waals surface area contributed by atoms with Crippen molar-refractivity contribution in [3.63, 3.8) is 0 Å². The van der Waals surface area contributed by atoms with Gasteiger partial charge in [0.2, 0.25) is 0 Å². The van der Waals surface area contributed by atoms with Gasteiger partial charge >= 0.3 is 5.97 Å². The van der Waals surface area contributed by atoms with Crippen LogP contribution in [0.2, 0.25) is 0 Å². The monoisotopic (exact) mass is 628 g/mol. The number of fused-ring (bicyclic) bond motifs is 3. The van der Waals surface area contributed by atoms with Crippen molar-refractivity contribution in [3.05, 3.63) is 59.7 Å². The lowest BCUT2D eigenvalue weighted by Crippen LogP contribution is -2.47. The van der Waals surface area contributed by atoms with Crippen LogP contribution in [-0.4, -0.2) is 12.1 Å². The van der Waals surface area contributed by atoms with Gasteiger partial charge in [0.15, 0.2) is 0 Å². The van der Waals surface area contributed by atoms with Crippen molar-refractivity contribution in [2.75, 3.05) is 22.9 Å². The van der Waals surface area contributed by atoms with Crippen LogP contribution in [0.3, 0.4) is 0 Å². The number of nitrogen functional groups attached to an aromatic ring is 4. The summed E-state index contributed by atoms with van der Waals surface area (Å²) in [5, 5.41) is 0. The van der Waals surface area contributed by atoms with Crippen molar-refractivity contribution in [1.29, 1.82) is 0 Å². The van der Waals surface area contributed by atoms with E-state index in [0.717, 1.165) is 47.5 Å². The molecule has 3 saturated carbocycles. The first-order valence-corrected chi connectivity index (χ1v) is 18.0. The van der Waals surface area contributed by atoms with Gasteiger partial charge in [-0.2, -0.15) is 0 Å². The molecule has 4 aliphatic carbocycles. The van der Waals surface area contributed by atoms with Crippen LogP contribution in [0.25, 0.3) is 0 Å². The maximum Gasteiger partial charge on any atom is 0.338 e. The summed E-state index contributed by atoms with van der Waals surface area (Å²) in [6, 6.07) is 10.5. The molecule has 2 aromatic carbocycles. The third kappa shape index (κ3) is 7.21. The van der Waals surface area contributed by atoms with E-state index in [0.29, 0.717) is 45.5 Å². The Labute approximate surface area is 278 Å². The summed E-state index contributed by atoms with van der Waals surface area (Å²) in [6.45, 7) is 11.9. The summed E-state index contributed by atoms with van der Waals surface area (Å²) in [5.41, 5.74) is 27.6. The highest BCUT2D eigenvalue weighted by Crippen LogP contribution is 2.67. The number of rotatable bonds is 7. The number of unbranched alkanes of at least 4 members (excludes halogenated alkanes) is 1. The number of allylic oxidation sites excluding steroid dienone is 2. The number of hydrogen-bond acceptors (Lipinski definition) is 6. The van der Waals surface area contributed by atoms with Crippen molar-refractivity contribution in [2.45, 2.75) is 111 Å². The van der Waals surface area contributed by atoms with Gasteiger partial charge in [-0.3, -0.25) is 0 Å². The quantitative estimate of drug-likeness (QED) is 0.105. The number of carbonyl (C=O) groups excluding carboxylic acids is 1. The first kappa shape index (κ1) is 34.2. The first-order valence-electron chi connectivity index (χ1n) is 18.0. The molecule has 3 fully saturated rings. The third-order valence-corrected chi connectivity index (χ3v) is 12.6. The molecule has 0 heterocycles. The van der Waals surface area contributed by atoms with Gasteiger partial charge in [-0.05, 0) is 147 Å². The van der Waals surface area contributed by atoms with Gasteiger partial charge < -0.3 is 27.7 Å². The lowest BCUT2D eigenvalue weighted by atomic mass is 9.52. The molecule has 6 nitrogen and oxygen atoms in total. The van der Waals surface area contributed by atoms with Gasteiger partial charge in [0.05, 0.1) is 5.56 Å². The fourth-order valence-electron chi connectivity index (χ4n) is 10.2. The molecule has 0 saturated heterocycles. The second kappa shape index (κ2) is 13.9. The van der Waals surface area contributed by atoms with E-state index in [9.17, 15) is 4.79 Å². The minimum atomic E-state index is -0.297. The highest BCUT2D eigenvalue weighted by atomic mass is 16.5. The molecule has 0 radical (unpaired) electrons. The van der Waals surface area contributed by atoms with E-state index in [1.54, 1.807) is 24.3 Å². The van der Waals surface area contributed by atoms with E-state index in [-0.39, 0.29) is 12.1 Å². The summed E-state index contributed by atoms with van der Waals surface area (Å²) in [5.74, 6) is 4.17. The Hall–Kier alpha value is -3.15. The zero-order chi connectivity index (χ0) is 33.2. The molecule has 0 aromatic heterocycles. The van der Waals surface area contributed by atoms with Crippen LogP contribution < -0.4 is 22.9 Å². The molecule has 6 rings (SSSR count). The van der Waals surface area contributed by atoms with Gasteiger partial charge in [-0.15, -0.1) is 0 Å². The average Bonchev–Trinajstić information content (AvgIpc) is 3.27. The van der Waals surface area contributed by atoms with Gasteiger partial charge in [0.25, 0.3) is 0 Å². The van der Waals surface area contributed by atoms with Crippen LogP contribution >= 0.6 is 0 Å². The molecular formula is C40H60N4O2. The summed E-state index contributed by atoms with van der Waals surface area (Å²) in [4.78, 5) is 12.9. The molecule has 6 heteroatoms. The number of anilines is 4. The van der Waals surface area contributed by atoms with Gasteiger partial charge in [-0.1, -0.05) is 59.1 Å². The smallest absolute Gasteiger partial charge is 0.338 e. The Morgan fingerprint density at radius 1 is 0.870 bits per heavy atom. The Bertz CT molecular complexity index is 1330. The number of nitrogens with two attached hydrogens (primary N) is 4. The molecule has 4 aliphatic rings. The zero-order valence-electron chi connectivity index (χ0n) is 29.1. The lowest BCUT2D eigenvalue weighted by molar-refractivity contribution is -0.0444. The van der Waals surface area contributed by atoms with E-state index in [1.807, 2.05) is 19.1 Å². The number of ether oxygens (including phenoxy) is 1. The number of hydrogen-bond donors (Lipinski definition) is 4. The largest absolute Gasteiger partial charge is 0.459 e. The average molecular weight is 629 g/mol. The van der Waals surface area contributed by atoms with Gasteiger partial charge in [-0.25, -0.2) is 4.79 Å². The Morgan fingerprint density at radius 2 is 1.52 bits per heavy atom. The van der Waals surface area contributed by atoms with Gasteiger partial charge in [0, 0.05) is 22.7 Å². The molecule has 8 atom stereocenters. The summed E-state index contributed by atoms with van der Waals surface area (Å²) < 4.78 is 6.04. The van der Waals surface area contributed by atoms with Crippen LogP contribution in [0.5, 0.6) is 0 Å². The maximum atomic E-state index is 12.9. The van der Waals surface area contributed by atoms with E-state index >= 15 is 0 Å². The Kier molecular flexibility index (Phi) is 10.3. The van der Waals surface area contributed by atoms with Crippen LogP contribution in [0, 0.1) is 53.3 Å². The maximum absolute atomic E-state index is 12.9. The molecular weight excluding hydrogens is 568 g/mol. The Balaban J connectivity index is 0.000000400. The molecule has 2 bridgehead atoms. The molecule has 252 valence electrons. The standard InChI is InChI=1S/C33H50N2O2.C7H10N2/c1-21(2)7-5-6-8-24-10-12-30-29-11-9-25-19-28(37-31(36)23-17-26(34)20-27(35)18-23)13-14-33(25,22(29)3)16-15-32(24,30)4;1-5-2-6(8)4-7(9)3-5/h9,11,17-18,20-22,24-25,28-30H,5-8,10,12-16,19,34-35H2,1-4H3;2-4H,8-9H2,1H3. The van der Waals surface area contributed by atoms with E-state index < -0.39 is 0 Å². The second-order valence-electron chi connectivity index (χ2n) is 16.0. The van der Waals surface area contributed by atoms with Crippen molar-refractivity contribution < 1.29 is 9.53 Å². The number of esters is 1. The topological polar surface area (TPSA) is 130 Å². The highest BCUT2D eigenvalue weighted by Gasteiger charge is 2.59. The SMILES string of the molecule is CC(C)CCCCC1CCC2C3C=CC4CC(OC(=O)c5cc(N)cc(N)c5)CCC4(CCC12C)C3C.Cc1cc(N)cc(N)c1. The molecule has 8 unspecified atom stereocenters. The fraction of sp³-hybridized carbons (Fsp3) is 0.625. The number of carbonyl (C=O) groups is 1. The molecule has 1 spiro atoms. The zero-order valence-corrected chi connectivity index (χ0v) is 29.1. The summed E-state index contributed by atoms with van der Waals surface area (Å²) in [7, 11) is 0. The number of benzene rings is 2. The van der Waals surface area contributed by atoms with E-state index in [4.69, 9.17) is 27.7 Å². The molecule has 0 amide bonds. The minimum absolute atomic E-state index is 0.0359. The van der Waals surface area contributed by atoms with Crippen molar-refractivity contribution in [1.82, 2.24) is 0 Å². The van der Waals surface area contributed by atoms with Crippen LogP contribution in [0.15, 0.2) is 48.6 Å². The fourth-order valence-corrected chi connectivity index (χ4v) is 10.2. The van der Waals surface area contributed by atoms with Crippen LogP contribution in [-0.2, 0) is 4.74 Å². The van der Waals surface area contributed by atoms with E-state index in [2.05, 4.69) is 39.8 Å². The van der Waals surface area contributed by atoms with Gasteiger partial charge in [0.1, 0.15) is 6.10 Å². The predicted molar refractivity (Wildman–Crippen MR) is 193 cm³/mol. The van der Waals surface area contributed by atoms with Crippen molar-refractivity contribution in [2.24, 2.45) is 46.3 Å². The molecule has 8 N–H and O–H groups in total. The highest BCUT2D eigenvalue weighted by molar-refractivity contribution is 5.91. The molecule has 46 heavy (non-hydrogen) atoms. The first-order chi connectivity index (χ1) is 21.8. The second-order valence-corrected chi connectivity index (χ2v) is 16.0. The molecule has 0 aliphatic heterocycles. The van der Waals surface area contributed by atoms with E-state index in [1.165, 1.54) is 57.8 Å². The van der Waals surface area contributed by atoms with Crippen LogP contribution in [0.4, 0.5) is 22.7 Å². The molecule has 2 aromatic rings.